The van der Waals surface area contributed by atoms with Gasteiger partial charge in [0.15, 0.2) is 11.6 Å². The fraction of sp³-hybridized carbons (Fsp3) is 0.296. The van der Waals surface area contributed by atoms with Crippen LogP contribution in [0.15, 0.2) is 66.7 Å². The smallest absolute Gasteiger partial charge is 0.254 e. The molecule has 184 valence electrons. The van der Waals surface area contributed by atoms with Crippen molar-refractivity contribution in [2.45, 2.75) is 12.7 Å². The van der Waals surface area contributed by atoms with Crippen LogP contribution in [-0.2, 0) is 11.3 Å². The van der Waals surface area contributed by atoms with Crippen LogP contribution in [0.1, 0.15) is 27.6 Å². The summed E-state index contributed by atoms with van der Waals surface area (Å²) >= 11 is 6.12. The maximum absolute atomic E-state index is 13.6. The van der Waals surface area contributed by atoms with Crippen LogP contribution in [0.3, 0.4) is 0 Å². The number of piperazine rings is 1. The van der Waals surface area contributed by atoms with Gasteiger partial charge >= 0.3 is 0 Å². The summed E-state index contributed by atoms with van der Waals surface area (Å²) in [5, 5.41) is 0.658. The number of amides is 1. The molecule has 4 rings (SSSR count). The van der Waals surface area contributed by atoms with Crippen molar-refractivity contribution in [3.05, 3.63) is 100 Å². The Balaban J connectivity index is 1.41. The Bertz CT molecular complexity index is 1170. The first-order valence-electron chi connectivity index (χ1n) is 11.4. The summed E-state index contributed by atoms with van der Waals surface area (Å²) in [5.41, 5.74) is 2.12. The van der Waals surface area contributed by atoms with E-state index < -0.39 is 11.6 Å². The van der Waals surface area contributed by atoms with Crippen LogP contribution >= 0.6 is 11.6 Å². The van der Waals surface area contributed by atoms with E-state index in [1.807, 2.05) is 48.5 Å². The molecule has 5 nitrogen and oxygen atoms in total. The zero-order chi connectivity index (χ0) is 24.8. The Morgan fingerprint density at radius 2 is 1.74 bits per heavy atom. The SMILES string of the molecule is COc1cccc([C@H](CN2CCN(C(=O)c3ccc(F)c(F)c3)CC2)OCc2cccc(Cl)c2)c1. The van der Waals surface area contributed by atoms with E-state index in [0.29, 0.717) is 44.4 Å². The van der Waals surface area contributed by atoms with Gasteiger partial charge in [0.1, 0.15) is 5.75 Å². The number of carbonyl (C=O) groups is 1. The van der Waals surface area contributed by atoms with E-state index >= 15 is 0 Å². The van der Waals surface area contributed by atoms with Crippen molar-refractivity contribution in [1.82, 2.24) is 9.80 Å². The van der Waals surface area contributed by atoms with Crippen LogP contribution in [0.5, 0.6) is 5.75 Å². The maximum atomic E-state index is 13.6. The van der Waals surface area contributed by atoms with Crippen molar-refractivity contribution in [2.75, 3.05) is 39.8 Å². The second-order valence-corrected chi connectivity index (χ2v) is 8.86. The number of hydrogen-bond acceptors (Lipinski definition) is 4. The summed E-state index contributed by atoms with van der Waals surface area (Å²) < 4.78 is 38.5. The van der Waals surface area contributed by atoms with Gasteiger partial charge in [0.25, 0.3) is 5.91 Å². The van der Waals surface area contributed by atoms with Gasteiger partial charge in [-0.05, 0) is 53.6 Å². The minimum Gasteiger partial charge on any atom is -0.497 e. The van der Waals surface area contributed by atoms with Crippen molar-refractivity contribution in [3.8, 4) is 5.75 Å². The van der Waals surface area contributed by atoms with Crippen molar-refractivity contribution in [2.24, 2.45) is 0 Å². The largest absolute Gasteiger partial charge is 0.497 e. The van der Waals surface area contributed by atoms with Crippen molar-refractivity contribution >= 4 is 17.5 Å². The zero-order valence-corrected chi connectivity index (χ0v) is 20.2. The lowest BCUT2D eigenvalue weighted by atomic mass is 10.1. The van der Waals surface area contributed by atoms with E-state index in [1.54, 1.807) is 12.0 Å². The summed E-state index contributed by atoms with van der Waals surface area (Å²) in [4.78, 5) is 16.6. The number of hydrogen-bond donors (Lipinski definition) is 0. The highest BCUT2D eigenvalue weighted by Gasteiger charge is 2.25. The summed E-state index contributed by atoms with van der Waals surface area (Å²) in [7, 11) is 1.63. The molecule has 1 heterocycles. The fourth-order valence-corrected chi connectivity index (χ4v) is 4.31. The predicted molar refractivity (Wildman–Crippen MR) is 131 cm³/mol. The summed E-state index contributed by atoms with van der Waals surface area (Å²) in [6.45, 7) is 3.26. The van der Waals surface area contributed by atoms with Gasteiger partial charge in [0.05, 0.1) is 19.8 Å². The summed E-state index contributed by atoms with van der Waals surface area (Å²) in [6, 6.07) is 18.6. The molecule has 1 atom stereocenters. The third-order valence-electron chi connectivity index (χ3n) is 6.06. The minimum absolute atomic E-state index is 0.150. The Labute approximate surface area is 208 Å². The van der Waals surface area contributed by atoms with E-state index in [9.17, 15) is 13.6 Å². The molecule has 1 aliphatic heterocycles. The van der Waals surface area contributed by atoms with Gasteiger partial charge in [0.2, 0.25) is 0 Å². The number of rotatable bonds is 8. The van der Waals surface area contributed by atoms with Gasteiger partial charge < -0.3 is 14.4 Å². The second kappa shape index (κ2) is 11.6. The monoisotopic (exact) mass is 500 g/mol. The normalized spacial score (nSPS) is 15.1. The van der Waals surface area contributed by atoms with Gasteiger partial charge in [-0.2, -0.15) is 0 Å². The number of carbonyl (C=O) groups excluding carboxylic acids is 1. The first kappa shape index (κ1) is 25.1. The molecule has 1 amide bonds. The molecule has 0 unspecified atom stereocenters. The van der Waals surface area contributed by atoms with Gasteiger partial charge in [-0.3, -0.25) is 9.69 Å². The van der Waals surface area contributed by atoms with E-state index in [2.05, 4.69) is 4.90 Å². The van der Waals surface area contributed by atoms with Gasteiger partial charge in [-0.15, -0.1) is 0 Å². The molecule has 0 spiro atoms. The first-order valence-corrected chi connectivity index (χ1v) is 11.8. The second-order valence-electron chi connectivity index (χ2n) is 8.43. The molecule has 1 aliphatic rings. The molecular formula is C27H27ClF2N2O3. The Morgan fingerprint density at radius 1 is 0.971 bits per heavy atom. The maximum Gasteiger partial charge on any atom is 0.254 e. The van der Waals surface area contributed by atoms with Crippen LogP contribution < -0.4 is 4.74 Å². The van der Waals surface area contributed by atoms with Crippen LogP contribution in [0.4, 0.5) is 8.78 Å². The molecule has 0 N–H and O–H groups in total. The Morgan fingerprint density at radius 3 is 2.46 bits per heavy atom. The highest BCUT2D eigenvalue weighted by Crippen LogP contribution is 2.26. The molecule has 0 aromatic heterocycles. The van der Waals surface area contributed by atoms with E-state index in [0.717, 1.165) is 29.0 Å². The number of benzene rings is 3. The molecule has 0 saturated carbocycles. The van der Waals surface area contributed by atoms with Crippen LogP contribution in [0.2, 0.25) is 5.02 Å². The highest BCUT2D eigenvalue weighted by atomic mass is 35.5. The molecule has 3 aromatic carbocycles. The van der Waals surface area contributed by atoms with Crippen LogP contribution in [-0.4, -0.2) is 55.5 Å². The van der Waals surface area contributed by atoms with E-state index in [4.69, 9.17) is 21.1 Å². The average Bonchev–Trinajstić information content (AvgIpc) is 2.88. The summed E-state index contributed by atoms with van der Waals surface area (Å²) in [5.74, 6) is -1.54. The molecule has 8 heteroatoms. The Hall–Kier alpha value is -3.00. The van der Waals surface area contributed by atoms with Crippen molar-refractivity contribution in [1.29, 1.82) is 0 Å². The molecule has 0 bridgehead atoms. The number of ether oxygens (including phenoxy) is 2. The minimum atomic E-state index is -1.02. The van der Waals surface area contributed by atoms with Gasteiger partial charge in [-0.1, -0.05) is 35.9 Å². The zero-order valence-electron chi connectivity index (χ0n) is 19.4. The number of methoxy groups -OCH3 is 1. The van der Waals surface area contributed by atoms with Crippen LogP contribution in [0, 0.1) is 11.6 Å². The van der Waals surface area contributed by atoms with E-state index in [1.165, 1.54) is 6.07 Å². The fourth-order valence-electron chi connectivity index (χ4n) is 4.10. The molecule has 35 heavy (non-hydrogen) atoms. The van der Waals surface area contributed by atoms with Gasteiger partial charge in [0, 0.05) is 43.3 Å². The predicted octanol–water partition coefficient (Wildman–Crippen LogP) is 5.34. The molecular weight excluding hydrogens is 474 g/mol. The lowest BCUT2D eigenvalue weighted by Crippen LogP contribution is -2.49. The topological polar surface area (TPSA) is 42.0 Å². The number of halogens is 3. The average molecular weight is 501 g/mol. The van der Waals surface area contributed by atoms with E-state index in [-0.39, 0.29) is 17.6 Å². The molecule has 0 aliphatic carbocycles. The summed E-state index contributed by atoms with van der Waals surface area (Å²) in [6.07, 6.45) is -0.225. The molecule has 0 radical (unpaired) electrons. The quantitative estimate of drug-likeness (QED) is 0.418. The lowest BCUT2D eigenvalue weighted by molar-refractivity contribution is 0.00333. The standard InChI is InChI=1S/C27H27ClF2N2O3/c1-34-23-7-3-5-20(15-23)26(35-18-19-4-2-6-22(28)14-19)17-31-10-12-32(13-11-31)27(33)21-8-9-24(29)25(30)16-21/h2-9,14-16,26H,10-13,17-18H2,1H3/t26-/m0/s1. The third-order valence-corrected chi connectivity index (χ3v) is 6.29. The lowest BCUT2D eigenvalue weighted by Gasteiger charge is -2.36. The molecule has 1 fully saturated rings. The Kier molecular flexibility index (Phi) is 8.33. The van der Waals surface area contributed by atoms with Crippen molar-refractivity contribution < 1.29 is 23.0 Å². The number of nitrogens with zero attached hydrogens (tertiary/aromatic N) is 2. The van der Waals surface area contributed by atoms with Crippen LogP contribution in [0.25, 0.3) is 0 Å². The van der Waals surface area contributed by atoms with Gasteiger partial charge in [-0.25, -0.2) is 8.78 Å². The first-order chi connectivity index (χ1) is 16.9. The molecule has 3 aromatic rings. The molecule has 1 saturated heterocycles. The third kappa shape index (κ3) is 6.57. The van der Waals surface area contributed by atoms with Crippen molar-refractivity contribution in [3.63, 3.8) is 0 Å². The highest BCUT2D eigenvalue weighted by molar-refractivity contribution is 6.30.